The number of hydrogen-bond donors (Lipinski definition) is 2. The Morgan fingerprint density at radius 1 is 1.33 bits per heavy atom. The van der Waals surface area contributed by atoms with Crippen molar-refractivity contribution in [3.8, 4) is 5.75 Å². The van der Waals surface area contributed by atoms with Crippen LogP contribution in [0.5, 0.6) is 5.75 Å². The Balaban J connectivity index is 1.75. The lowest BCUT2D eigenvalue weighted by Crippen LogP contribution is -2.36. The number of ether oxygens (including phenoxy) is 1. The normalized spacial score (nSPS) is 13.9. The summed E-state index contributed by atoms with van der Waals surface area (Å²) in [6.07, 6.45) is 3.49. The summed E-state index contributed by atoms with van der Waals surface area (Å²) in [6, 6.07) is 9.49. The zero-order chi connectivity index (χ0) is 21.5. The minimum absolute atomic E-state index is 0.0564. The molecule has 1 amide bonds. The molecule has 0 saturated carbocycles. The summed E-state index contributed by atoms with van der Waals surface area (Å²) in [4.78, 5) is 25.3. The van der Waals surface area contributed by atoms with Crippen molar-refractivity contribution in [3.63, 3.8) is 0 Å². The number of hydrogen-bond acceptors (Lipinski definition) is 7. The molecule has 0 atom stereocenters. The third-order valence-corrected chi connectivity index (χ3v) is 4.67. The molecule has 2 N–H and O–H groups in total. The van der Waals surface area contributed by atoms with Crippen LogP contribution in [0.25, 0.3) is 0 Å². The smallest absolute Gasteiger partial charge is 0.293 e. The highest BCUT2D eigenvalue weighted by Gasteiger charge is 2.23. The maximum Gasteiger partial charge on any atom is 0.293 e. The van der Waals surface area contributed by atoms with Crippen LogP contribution in [0.4, 0.5) is 11.4 Å². The highest BCUT2D eigenvalue weighted by atomic mass is 16.6. The van der Waals surface area contributed by atoms with Gasteiger partial charge < -0.3 is 14.7 Å². The molecule has 0 bridgehead atoms. The molecule has 1 aliphatic rings. The topological polar surface area (TPSA) is 117 Å². The van der Waals surface area contributed by atoms with Gasteiger partial charge in [0, 0.05) is 30.3 Å². The first-order valence-electron chi connectivity index (χ1n) is 9.37. The minimum atomic E-state index is -0.593. The summed E-state index contributed by atoms with van der Waals surface area (Å²) in [5.74, 6) is -0.537. The van der Waals surface area contributed by atoms with Crippen LogP contribution in [-0.2, 0) is 11.2 Å². The van der Waals surface area contributed by atoms with Crippen molar-refractivity contribution in [2.24, 2.45) is 5.10 Å². The van der Waals surface area contributed by atoms with Crippen LogP contribution in [0.15, 0.2) is 54.2 Å². The molecule has 0 aromatic heterocycles. The average molecular weight is 410 g/mol. The van der Waals surface area contributed by atoms with Crippen LogP contribution in [0, 0.1) is 10.1 Å². The van der Waals surface area contributed by atoms with E-state index in [1.54, 1.807) is 30.3 Å². The molecule has 0 radical (unpaired) electrons. The van der Waals surface area contributed by atoms with Crippen molar-refractivity contribution in [3.05, 3.63) is 75.9 Å². The molecule has 1 fully saturated rings. The third-order valence-electron chi connectivity index (χ3n) is 4.67. The maximum atomic E-state index is 12.4. The number of nitro groups is 1. The molecular formula is C21H22N4O5. The quantitative estimate of drug-likeness (QED) is 0.314. The van der Waals surface area contributed by atoms with Crippen molar-refractivity contribution in [2.75, 3.05) is 31.2 Å². The number of aromatic hydroxyl groups is 1. The lowest BCUT2D eigenvalue weighted by molar-refractivity contribution is -0.384. The maximum absolute atomic E-state index is 12.4. The zero-order valence-corrected chi connectivity index (χ0v) is 16.3. The molecule has 0 spiro atoms. The van der Waals surface area contributed by atoms with Gasteiger partial charge in [0.25, 0.3) is 11.6 Å². The monoisotopic (exact) mass is 410 g/mol. The number of nitrogens with one attached hydrogen (secondary N) is 1. The molecule has 3 rings (SSSR count). The SMILES string of the molecule is C=CCc1cccc(/C=N/NC(=O)c2ccc(N3CCOCC3)c([N+](=O)[O-])c2)c1O. The van der Waals surface area contributed by atoms with E-state index in [2.05, 4.69) is 17.1 Å². The van der Waals surface area contributed by atoms with Gasteiger partial charge in [-0.2, -0.15) is 5.10 Å². The number of benzene rings is 2. The second-order valence-electron chi connectivity index (χ2n) is 6.61. The lowest BCUT2D eigenvalue weighted by atomic mass is 10.1. The molecule has 156 valence electrons. The molecule has 0 unspecified atom stereocenters. The number of carbonyl (C=O) groups is 1. The number of amides is 1. The number of rotatable bonds is 7. The number of carbonyl (C=O) groups excluding carboxylic acids is 1. The lowest BCUT2D eigenvalue weighted by Gasteiger charge is -2.28. The number of nitro benzene ring substituents is 1. The van der Waals surface area contributed by atoms with E-state index in [-0.39, 0.29) is 17.0 Å². The van der Waals surface area contributed by atoms with Crippen LogP contribution < -0.4 is 10.3 Å². The summed E-state index contributed by atoms with van der Waals surface area (Å²) in [5.41, 5.74) is 3.87. The second-order valence-corrected chi connectivity index (χ2v) is 6.61. The average Bonchev–Trinajstić information content (AvgIpc) is 2.76. The summed E-state index contributed by atoms with van der Waals surface area (Å²) in [5, 5.41) is 25.6. The predicted molar refractivity (Wildman–Crippen MR) is 113 cm³/mol. The molecular weight excluding hydrogens is 388 g/mol. The van der Waals surface area contributed by atoms with E-state index >= 15 is 0 Å². The number of hydrazone groups is 1. The summed E-state index contributed by atoms with van der Waals surface area (Å²) < 4.78 is 5.28. The zero-order valence-electron chi connectivity index (χ0n) is 16.3. The highest BCUT2D eigenvalue weighted by molar-refractivity contribution is 5.96. The van der Waals surface area contributed by atoms with Gasteiger partial charge in [-0.25, -0.2) is 5.43 Å². The van der Waals surface area contributed by atoms with Crippen molar-refractivity contribution in [1.29, 1.82) is 0 Å². The third kappa shape index (κ3) is 4.81. The Bertz CT molecular complexity index is 983. The van der Waals surface area contributed by atoms with Crippen LogP contribution in [0.1, 0.15) is 21.5 Å². The van der Waals surface area contributed by atoms with Crippen molar-refractivity contribution in [2.45, 2.75) is 6.42 Å². The van der Waals surface area contributed by atoms with Gasteiger partial charge in [0.2, 0.25) is 0 Å². The van der Waals surface area contributed by atoms with Gasteiger partial charge in [-0.05, 0) is 30.2 Å². The first kappa shape index (κ1) is 21.0. The van der Waals surface area contributed by atoms with Gasteiger partial charge >= 0.3 is 0 Å². The number of para-hydroxylation sites is 1. The molecule has 30 heavy (non-hydrogen) atoms. The van der Waals surface area contributed by atoms with E-state index in [0.29, 0.717) is 49.5 Å². The predicted octanol–water partition coefficient (Wildman–Crippen LogP) is 2.63. The van der Waals surface area contributed by atoms with Crippen LogP contribution >= 0.6 is 0 Å². The van der Waals surface area contributed by atoms with Crippen molar-refractivity contribution < 1.29 is 19.6 Å². The van der Waals surface area contributed by atoms with Crippen LogP contribution in [0.3, 0.4) is 0 Å². The Hall–Kier alpha value is -3.72. The molecule has 1 aliphatic heterocycles. The summed E-state index contributed by atoms with van der Waals surface area (Å²) in [6.45, 7) is 5.73. The standard InChI is InChI=1S/C21H22N4O5/c1-2-4-15-5-3-6-17(20(15)26)14-22-23-21(27)16-7-8-18(19(13-16)25(28)29)24-9-11-30-12-10-24/h2-3,5-8,13-14,26H,1,4,9-12H2,(H,23,27)/b22-14+. The van der Waals surface area contributed by atoms with Crippen LogP contribution in [0.2, 0.25) is 0 Å². The molecule has 0 aliphatic carbocycles. The Morgan fingerprint density at radius 3 is 2.80 bits per heavy atom. The first-order valence-corrected chi connectivity index (χ1v) is 9.37. The molecule has 2 aromatic carbocycles. The van der Waals surface area contributed by atoms with Gasteiger partial charge in [-0.15, -0.1) is 6.58 Å². The fourth-order valence-corrected chi connectivity index (χ4v) is 3.14. The Morgan fingerprint density at radius 2 is 2.10 bits per heavy atom. The molecule has 1 saturated heterocycles. The van der Waals surface area contributed by atoms with E-state index in [0.717, 1.165) is 0 Å². The van der Waals surface area contributed by atoms with Gasteiger partial charge in [0.05, 0.1) is 24.4 Å². The van der Waals surface area contributed by atoms with E-state index in [1.807, 2.05) is 4.90 Å². The van der Waals surface area contributed by atoms with E-state index < -0.39 is 10.8 Å². The largest absolute Gasteiger partial charge is 0.507 e. The summed E-state index contributed by atoms with van der Waals surface area (Å²) >= 11 is 0. The number of anilines is 1. The molecule has 9 heteroatoms. The van der Waals surface area contributed by atoms with Gasteiger partial charge in [0.1, 0.15) is 11.4 Å². The fraction of sp³-hybridized carbons (Fsp3) is 0.238. The number of phenols is 1. The molecule has 2 aromatic rings. The number of allylic oxidation sites excluding steroid dienone is 1. The first-order chi connectivity index (χ1) is 14.5. The Kier molecular flexibility index (Phi) is 6.76. The van der Waals surface area contributed by atoms with Crippen molar-refractivity contribution in [1.82, 2.24) is 5.43 Å². The Labute approximate surface area is 173 Å². The van der Waals surface area contributed by atoms with Gasteiger partial charge in [0.15, 0.2) is 0 Å². The van der Waals surface area contributed by atoms with E-state index in [4.69, 9.17) is 4.74 Å². The number of phenolic OH excluding ortho intramolecular Hbond substituents is 1. The van der Waals surface area contributed by atoms with Gasteiger partial charge in [-0.1, -0.05) is 18.2 Å². The van der Waals surface area contributed by atoms with Crippen LogP contribution in [-0.4, -0.2) is 48.5 Å². The highest BCUT2D eigenvalue weighted by Crippen LogP contribution is 2.30. The molecule has 9 nitrogen and oxygen atoms in total. The fourth-order valence-electron chi connectivity index (χ4n) is 3.14. The minimum Gasteiger partial charge on any atom is -0.507 e. The second kappa shape index (κ2) is 9.66. The van der Waals surface area contributed by atoms with E-state index in [9.17, 15) is 20.0 Å². The van der Waals surface area contributed by atoms with E-state index in [1.165, 1.54) is 18.3 Å². The van der Waals surface area contributed by atoms with Crippen molar-refractivity contribution >= 4 is 23.5 Å². The molecule has 1 heterocycles. The van der Waals surface area contributed by atoms with Gasteiger partial charge in [-0.3, -0.25) is 14.9 Å². The summed E-state index contributed by atoms with van der Waals surface area (Å²) in [7, 11) is 0. The number of morpholine rings is 1. The number of nitrogens with zero attached hydrogens (tertiary/aromatic N) is 3.